The summed E-state index contributed by atoms with van der Waals surface area (Å²) in [6.45, 7) is 9.00. The summed E-state index contributed by atoms with van der Waals surface area (Å²) in [6, 6.07) is 0. The number of hydrogen-bond acceptors (Lipinski definition) is 7. The van der Waals surface area contributed by atoms with Gasteiger partial charge in [-0.05, 0) is 40.0 Å². The predicted molar refractivity (Wildman–Crippen MR) is 96.7 cm³/mol. The van der Waals surface area contributed by atoms with Gasteiger partial charge in [-0.1, -0.05) is 26.7 Å². The van der Waals surface area contributed by atoms with Crippen LogP contribution in [0.3, 0.4) is 0 Å². The Morgan fingerprint density at radius 2 is 1.17 bits per heavy atom. The van der Waals surface area contributed by atoms with Crippen LogP contribution in [0.4, 0.5) is 0 Å². The van der Waals surface area contributed by atoms with E-state index in [9.17, 15) is 0 Å². The van der Waals surface area contributed by atoms with E-state index in [1.54, 1.807) is 20.8 Å². The van der Waals surface area contributed by atoms with Gasteiger partial charge >= 0.3 is 0 Å². The quantitative estimate of drug-likeness (QED) is 0.312. The lowest BCUT2D eigenvalue weighted by Gasteiger charge is -2.03. The van der Waals surface area contributed by atoms with Gasteiger partial charge < -0.3 is 35.7 Å². The number of hydrogen-bond donors (Lipinski definition) is 7. The molecule has 7 N–H and O–H groups in total. The lowest BCUT2D eigenvalue weighted by molar-refractivity contribution is 0.0438. The molecule has 0 aromatic heterocycles. The van der Waals surface area contributed by atoms with Crippen molar-refractivity contribution in [3.63, 3.8) is 0 Å². The number of rotatable bonds is 8. The van der Waals surface area contributed by atoms with Gasteiger partial charge in [0.05, 0.1) is 31.0 Å². The highest BCUT2D eigenvalue weighted by atomic mass is 16.3. The summed E-state index contributed by atoms with van der Waals surface area (Å²) < 4.78 is 0. The van der Waals surface area contributed by atoms with Gasteiger partial charge in [0.25, 0.3) is 0 Å². The van der Waals surface area contributed by atoms with E-state index in [4.69, 9.17) is 35.7 Å². The maximum Gasteiger partial charge on any atom is 0.0768 e. The van der Waals surface area contributed by atoms with Crippen LogP contribution in [0.2, 0.25) is 0 Å². The first-order chi connectivity index (χ1) is 11.1. The molecule has 4 unspecified atom stereocenters. The van der Waals surface area contributed by atoms with Crippen molar-refractivity contribution in [1.29, 1.82) is 0 Å². The van der Waals surface area contributed by atoms with Gasteiger partial charge in [-0.2, -0.15) is 0 Å². The molecule has 0 heterocycles. The summed E-state index contributed by atoms with van der Waals surface area (Å²) in [6.07, 6.45) is 2.40. The molecule has 24 heavy (non-hydrogen) atoms. The van der Waals surface area contributed by atoms with E-state index in [1.165, 1.54) is 6.42 Å². The van der Waals surface area contributed by atoms with E-state index in [0.717, 1.165) is 12.8 Å². The first kappa shape index (κ1) is 31.5. The lowest BCUT2D eigenvalue weighted by Crippen LogP contribution is -2.17. The van der Waals surface area contributed by atoms with Gasteiger partial charge in [-0.25, -0.2) is 0 Å². The maximum atomic E-state index is 8.42. The molecule has 7 heteroatoms. The zero-order valence-corrected chi connectivity index (χ0v) is 16.1. The standard InChI is InChI=1S/C5H12O.3C4H10O2/c1-2-3-4-5-6;1-4(6)2-3-5;1-3(5)4(2)6;1-2-4(6)3-5/h6H,2-5H2,1H3;4-6H,2-3H2,1H3;3-6H,1-2H3;4-6H,2-3H2,1H3. The molecule has 4 atom stereocenters. The van der Waals surface area contributed by atoms with Crippen molar-refractivity contribution in [3.05, 3.63) is 0 Å². The number of unbranched alkanes of at least 4 members (excludes halogenated alkanes) is 2. The van der Waals surface area contributed by atoms with E-state index in [2.05, 4.69) is 6.92 Å². The van der Waals surface area contributed by atoms with Crippen molar-refractivity contribution in [2.75, 3.05) is 19.8 Å². The third kappa shape index (κ3) is 49.5. The van der Waals surface area contributed by atoms with Crippen LogP contribution >= 0.6 is 0 Å². The van der Waals surface area contributed by atoms with Gasteiger partial charge in [-0.15, -0.1) is 0 Å². The summed E-state index contributed by atoms with van der Waals surface area (Å²) in [7, 11) is 0. The Morgan fingerprint density at radius 3 is 1.21 bits per heavy atom. The van der Waals surface area contributed by atoms with Crippen molar-refractivity contribution < 1.29 is 35.7 Å². The fourth-order valence-corrected chi connectivity index (χ4v) is 0.678. The highest BCUT2D eigenvalue weighted by Crippen LogP contribution is 1.89. The summed E-state index contributed by atoms with van der Waals surface area (Å²) in [5.41, 5.74) is 0. The molecule has 0 spiro atoms. The first-order valence-corrected chi connectivity index (χ1v) is 8.69. The molecule has 0 bridgehead atoms. The Kier molecular flexibility index (Phi) is 36.2. The number of aliphatic hydroxyl groups excluding tert-OH is 7. The van der Waals surface area contributed by atoms with E-state index in [0.29, 0.717) is 19.4 Å². The van der Waals surface area contributed by atoms with E-state index >= 15 is 0 Å². The molecule has 0 aromatic carbocycles. The molecule has 7 nitrogen and oxygen atoms in total. The molecule has 0 aromatic rings. The molecular weight excluding hydrogens is 316 g/mol. The van der Waals surface area contributed by atoms with Crippen molar-refractivity contribution >= 4 is 0 Å². The monoisotopic (exact) mass is 358 g/mol. The van der Waals surface area contributed by atoms with E-state index in [1.807, 2.05) is 6.92 Å². The van der Waals surface area contributed by atoms with Gasteiger partial charge in [0.15, 0.2) is 0 Å². The smallest absolute Gasteiger partial charge is 0.0768 e. The summed E-state index contributed by atoms with van der Waals surface area (Å²) in [4.78, 5) is 0. The van der Waals surface area contributed by atoms with Crippen molar-refractivity contribution in [2.24, 2.45) is 0 Å². The molecule has 0 amide bonds. The molecule has 0 radical (unpaired) electrons. The lowest BCUT2D eigenvalue weighted by atomic mass is 10.3. The van der Waals surface area contributed by atoms with Gasteiger partial charge in [0, 0.05) is 13.2 Å². The second-order valence-electron chi connectivity index (χ2n) is 5.52. The van der Waals surface area contributed by atoms with Crippen molar-refractivity contribution in [3.8, 4) is 0 Å². The fraction of sp³-hybridized carbons (Fsp3) is 1.00. The number of aliphatic hydroxyl groups is 7. The minimum atomic E-state index is -0.593. The summed E-state index contributed by atoms with van der Waals surface area (Å²) in [5.74, 6) is 0. The summed E-state index contributed by atoms with van der Waals surface area (Å²) in [5, 5.41) is 57.9. The summed E-state index contributed by atoms with van der Waals surface area (Å²) >= 11 is 0. The zero-order valence-electron chi connectivity index (χ0n) is 16.1. The van der Waals surface area contributed by atoms with Crippen LogP contribution in [0.25, 0.3) is 0 Å². The molecule has 0 rings (SSSR count). The molecule has 0 aliphatic heterocycles. The average molecular weight is 359 g/mol. The minimum Gasteiger partial charge on any atom is -0.396 e. The normalized spacial score (nSPS) is 14.5. The molecule has 0 saturated carbocycles. The second-order valence-corrected chi connectivity index (χ2v) is 5.52. The third-order valence-corrected chi connectivity index (χ3v) is 2.69. The maximum absolute atomic E-state index is 8.42. The Hall–Kier alpha value is -0.280. The van der Waals surface area contributed by atoms with Crippen molar-refractivity contribution in [2.45, 2.75) is 91.1 Å². The largest absolute Gasteiger partial charge is 0.396 e. The molecule has 0 saturated heterocycles. The predicted octanol–water partition coefficient (Wildman–Crippen LogP) is 0.416. The van der Waals surface area contributed by atoms with Crippen LogP contribution in [0, 0.1) is 0 Å². The van der Waals surface area contributed by atoms with Crippen LogP contribution in [-0.2, 0) is 0 Å². The van der Waals surface area contributed by atoms with E-state index < -0.39 is 18.3 Å². The SMILES string of the molecule is CC(O)C(C)O.CC(O)CCO.CCC(O)CO.CCCCCO. The third-order valence-electron chi connectivity index (χ3n) is 2.69. The van der Waals surface area contributed by atoms with Gasteiger partial charge in [0.2, 0.25) is 0 Å². The van der Waals surface area contributed by atoms with Crippen LogP contribution in [-0.4, -0.2) is 80.0 Å². The highest BCUT2D eigenvalue weighted by Gasteiger charge is 1.99. The molecular formula is C17H42O7. The molecule has 0 aliphatic rings. The molecule has 152 valence electrons. The Bertz CT molecular complexity index is 174. The highest BCUT2D eigenvalue weighted by molar-refractivity contribution is 4.51. The average Bonchev–Trinajstić information content (AvgIpc) is 2.53. The molecule has 0 aliphatic carbocycles. The van der Waals surface area contributed by atoms with Crippen LogP contribution < -0.4 is 0 Å². The first-order valence-electron chi connectivity index (χ1n) is 8.69. The van der Waals surface area contributed by atoms with E-state index in [-0.39, 0.29) is 19.3 Å². The van der Waals surface area contributed by atoms with Crippen LogP contribution in [0.5, 0.6) is 0 Å². The van der Waals surface area contributed by atoms with Gasteiger partial charge in [-0.3, -0.25) is 0 Å². The Labute approximate surface area is 147 Å². The van der Waals surface area contributed by atoms with Crippen LogP contribution in [0.1, 0.15) is 66.7 Å². The molecule has 0 fully saturated rings. The van der Waals surface area contributed by atoms with Gasteiger partial charge in [0.1, 0.15) is 0 Å². The van der Waals surface area contributed by atoms with Crippen molar-refractivity contribution in [1.82, 2.24) is 0 Å². The second kappa shape index (κ2) is 27.6. The topological polar surface area (TPSA) is 142 Å². The fourth-order valence-electron chi connectivity index (χ4n) is 0.678. The Morgan fingerprint density at radius 1 is 0.708 bits per heavy atom. The minimum absolute atomic E-state index is 0.0810. The van der Waals surface area contributed by atoms with Crippen LogP contribution in [0.15, 0.2) is 0 Å². The zero-order chi connectivity index (χ0) is 20.0. The Balaban J connectivity index is -0.000000111.